The summed E-state index contributed by atoms with van der Waals surface area (Å²) >= 11 is 5.80. The molecule has 0 aliphatic rings. The van der Waals surface area contributed by atoms with Gasteiger partial charge in [0, 0.05) is 17.3 Å². The van der Waals surface area contributed by atoms with Crippen LogP contribution in [0.2, 0.25) is 5.02 Å². The lowest BCUT2D eigenvalue weighted by Gasteiger charge is -2.07. The SMILES string of the molecule is COC(=O)c1cc(C)n(CC(=O)NCc2ccc(Cl)cc2)n1. The lowest BCUT2D eigenvalue weighted by molar-refractivity contribution is -0.122. The van der Waals surface area contributed by atoms with Crippen molar-refractivity contribution >= 4 is 23.5 Å². The molecule has 0 aliphatic heterocycles. The van der Waals surface area contributed by atoms with Crippen LogP contribution in [-0.4, -0.2) is 28.8 Å². The fraction of sp³-hybridized carbons (Fsp3) is 0.267. The number of aryl methyl sites for hydroxylation is 1. The zero-order chi connectivity index (χ0) is 16.1. The van der Waals surface area contributed by atoms with E-state index in [1.54, 1.807) is 25.1 Å². The molecule has 116 valence electrons. The van der Waals surface area contributed by atoms with Crippen molar-refractivity contribution in [2.24, 2.45) is 0 Å². The maximum Gasteiger partial charge on any atom is 0.358 e. The largest absolute Gasteiger partial charge is 0.464 e. The normalized spacial score (nSPS) is 10.3. The summed E-state index contributed by atoms with van der Waals surface area (Å²) in [7, 11) is 1.29. The van der Waals surface area contributed by atoms with Crippen molar-refractivity contribution in [3.05, 3.63) is 52.3 Å². The molecule has 0 bridgehead atoms. The van der Waals surface area contributed by atoms with Crippen LogP contribution < -0.4 is 5.32 Å². The summed E-state index contributed by atoms with van der Waals surface area (Å²) < 4.78 is 6.06. The van der Waals surface area contributed by atoms with Gasteiger partial charge in [0.2, 0.25) is 5.91 Å². The smallest absolute Gasteiger partial charge is 0.358 e. The van der Waals surface area contributed by atoms with Crippen LogP contribution in [-0.2, 0) is 22.6 Å². The third kappa shape index (κ3) is 4.08. The molecule has 1 amide bonds. The number of nitrogens with one attached hydrogen (secondary N) is 1. The first-order chi connectivity index (χ1) is 10.5. The molecule has 2 rings (SSSR count). The monoisotopic (exact) mass is 321 g/mol. The maximum absolute atomic E-state index is 11.9. The molecule has 0 radical (unpaired) electrons. The summed E-state index contributed by atoms with van der Waals surface area (Å²) in [5.74, 6) is -0.721. The molecule has 0 atom stereocenters. The van der Waals surface area contributed by atoms with E-state index in [0.29, 0.717) is 17.3 Å². The number of rotatable bonds is 5. The van der Waals surface area contributed by atoms with E-state index in [4.69, 9.17) is 11.6 Å². The van der Waals surface area contributed by atoms with Crippen LogP contribution in [0.1, 0.15) is 21.7 Å². The maximum atomic E-state index is 11.9. The number of halogens is 1. The number of esters is 1. The van der Waals surface area contributed by atoms with Gasteiger partial charge in [0.25, 0.3) is 0 Å². The summed E-state index contributed by atoms with van der Waals surface area (Å²) in [6.07, 6.45) is 0. The van der Waals surface area contributed by atoms with Crippen molar-refractivity contribution in [1.29, 1.82) is 0 Å². The summed E-state index contributed by atoms with van der Waals surface area (Å²) in [5.41, 5.74) is 1.85. The van der Waals surface area contributed by atoms with Crippen LogP contribution in [0.25, 0.3) is 0 Å². The Balaban J connectivity index is 1.93. The van der Waals surface area contributed by atoms with Crippen LogP contribution in [0.4, 0.5) is 0 Å². The Morgan fingerprint density at radius 2 is 2.00 bits per heavy atom. The fourth-order valence-electron chi connectivity index (χ4n) is 1.87. The molecular formula is C15H16ClN3O3. The van der Waals surface area contributed by atoms with Crippen LogP contribution >= 0.6 is 11.6 Å². The van der Waals surface area contributed by atoms with Gasteiger partial charge in [-0.05, 0) is 30.7 Å². The second kappa shape index (κ2) is 7.09. The zero-order valence-corrected chi connectivity index (χ0v) is 13.1. The van der Waals surface area contributed by atoms with Crippen molar-refractivity contribution in [3.8, 4) is 0 Å². The third-order valence-corrected chi connectivity index (χ3v) is 3.32. The molecule has 0 spiro atoms. The van der Waals surface area contributed by atoms with Gasteiger partial charge in [0.05, 0.1) is 7.11 Å². The molecule has 22 heavy (non-hydrogen) atoms. The number of carbonyl (C=O) groups is 2. The first-order valence-electron chi connectivity index (χ1n) is 6.63. The Hall–Kier alpha value is -2.34. The minimum Gasteiger partial charge on any atom is -0.464 e. The number of methoxy groups -OCH3 is 1. The van der Waals surface area contributed by atoms with Gasteiger partial charge in [0.1, 0.15) is 6.54 Å². The van der Waals surface area contributed by atoms with E-state index in [0.717, 1.165) is 5.56 Å². The van der Waals surface area contributed by atoms with Gasteiger partial charge in [-0.3, -0.25) is 9.48 Å². The molecule has 0 unspecified atom stereocenters. The van der Waals surface area contributed by atoms with Crippen LogP contribution in [0.15, 0.2) is 30.3 Å². The topological polar surface area (TPSA) is 73.2 Å². The number of hydrogen-bond donors (Lipinski definition) is 1. The standard InChI is InChI=1S/C15H16ClN3O3/c1-10-7-13(15(21)22-2)18-19(10)9-14(20)17-8-11-3-5-12(16)6-4-11/h3-7H,8-9H2,1-2H3,(H,17,20). The van der Waals surface area contributed by atoms with Crippen molar-refractivity contribution in [1.82, 2.24) is 15.1 Å². The van der Waals surface area contributed by atoms with E-state index in [1.165, 1.54) is 11.8 Å². The van der Waals surface area contributed by atoms with Gasteiger partial charge >= 0.3 is 5.97 Å². The minimum atomic E-state index is -0.525. The first-order valence-corrected chi connectivity index (χ1v) is 7.01. The Kier molecular flexibility index (Phi) is 5.16. The van der Waals surface area contributed by atoms with Gasteiger partial charge in [-0.25, -0.2) is 4.79 Å². The number of amides is 1. The number of nitrogens with zero attached hydrogens (tertiary/aromatic N) is 2. The van der Waals surface area contributed by atoms with Crippen LogP contribution in [0.5, 0.6) is 0 Å². The first kappa shape index (κ1) is 16.0. The van der Waals surface area contributed by atoms with Crippen molar-refractivity contribution in [3.63, 3.8) is 0 Å². The highest BCUT2D eigenvalue weighted by molar-refractivity contribution is 6.30. The molecule has 2 aromatic rings. The number of carbonyl (C=O) groups excluding carboxylic acids is 2. The van der Waals surface area contributed by atoms with E-state index in [1.807, 2.05) is 12.1 Å². The summed E-state index contributed by atoms with van der Waals surface area (Å²) in [6, 6.07) is 8.80. The van der Waals surface area contributed by atoms with Gasteiger partial charge in [-0.15, -0.1) is 0 Å². The Morgan fingerprint density at radius 3 is 2.64 bits per heavy atom. The molecule has 1 N–H and O–H groups in total. The molecule has 0 fully saturated rings. The molecule has 0 aliphatic carbocycles. The molecule has 1 aromatic carbocycles. The molecule has 0 saturated heterocycles. The molecule has 1 aromatic heterocycles. The number of ether oxygens (including phenoxy) is 1. The molecular weight excluding hydrogens is 306 g/mol. The van der Waals surface area contributed by atoms with Gasteiger partial charge in [-0.2, -0.15) is 5.10 Å². The molecule has 6 nitrogen and oxygen atoms in total. The molecule has 1 heterocycles. The zero-order valence-electron chi connectivity index (χ0n) is 12.3. The average Bonchev–Trinajstić information content (AvgIpc) is 2.87. The lowest BCUT2D eigenvalue weighted by Crippen LogP contribution is -2.28. The van der Waals surface area contributed by atoms with E-state index in [2.05, 4.69) is 15.2 Å². The van der Waals surface area contributed by atoms with E-state index in [9.17, 15) is 9.59 Å². The van der Waals surface area contributed by atoms with E-state index in [-0.39, 0.29) is 18.1 Å². The quantitative estimate of drug-likeness (QED) is 0.854. The lowest BCUT2D eigenvalue weighted by atomic mass is 10.2. The summed E-state index contributed by atoms with van der Waals surface area (Å²) in [5, 5.41) is 7.49. The second-order valence-corrected chi connectivity index (χ2v) is 5.16. The predicted octanol–water partition coefficient (Wildman–Crippen LogP) is 1.95. The number of aromatic nitrogens is 2. The predicted molar refractivity (Wildman–Crippen MR) is 81.6 cm³/mol. The van der Waals surface area contributed by atoms with Gasteiger partial charge in [-0.1, -0.05) is 23.7 Å². The highest BCUT2D eigenvalue weighted by atomic mass is 35.5. The van der Waals surface area contributed by atoms with Gasteiger partial charge in [0.15, 0.2) is 5.69 Å². The average molecular weight is 322 g/mol. The van der Waals surface area contributed by atoms with Crippen LogP contribution in [0, 0.1) is 6.92 Å². The molecule has 7 heteroatoms. The molecule has 0 saturated carbocycles. The summed E-state index contributed by atoms with van der Waals surface area (Å²) in [6.45, 7) is 2.21. The minimum absolute atomic E-state index is 0.0381. The Bertz CT molecular complexity index is 680. The Labute approximate surface area is 133 Å². The van der Waals surface area contributed by atoms with Crippen molar-refractivity contribution < 1.29 is 14.3 Å². The van der Waals surface area contributed by atoms with E-state index < -0.39 is 5.97 Å². The fourth-order valence-corrected chi connectivity index (χ4v) is 2.00. The number of hydrogen-bond acceptors (Lipinski definition) is 4. The highest BCUT2D eigenvalue weighted by Crippen LogP contribution is 2.09. The number of benzene rings is 1. The second-order valence-electron chi connectivity index (χ2n) is 4.72. The highest BCUT2D eigenvalue weighted by Gasteiger charge is 2.14. The van der Waals surface area contributed by atoms with Gasteiger partial charge < -0.3 is 10.1 Å². The third-order valence-electron chi connectivity index (χ3n) is 3.07. The van der Waals surface area contributed by atoms with Crippen molar-refractivity contribution in [2.45, 2.75) is 20.0 Å². The summed E-state index contributed by atoms with van der Waals surface area (Å²) in [4.78, 5) is 23.3. The van der Waals surface area contributed by atoms with Crippen molar-refractivity contribution in [2.75, 3.05) is 7.11 Å². The van der Waals surface area contributed by atoms with Crippen LogP contribution in [0.3, 0.4) is 0 Å². The van der Waals surface area contributed by atoms with E-state index >= 15 is 0 Å². The Morgan fingerprint density at radius 1 is 1.32 bits per heavy atom.